The average molecular weight is 480 g/mol. The average Bonchev–Trinajstić information content (AvgIpc) is 3.28. The molecule has 0 radical (unpaired) electrons. The van der Waals surface area contributed by atoms with Crippen LogP contribution >= 0.6 is 0 Å². The third-order valence-electron chi connectivity index (χ3n) is 7.56. The fraction of sp³-hybridized carbons (Fsp3) is 0.444. The van der Waals surface area contributed by atoms with E-state index in [1.165, 1.54) is 11.1 Å². The first-order chi connectivity index (χ1) is 16.3. The zero-order valence-corrected chi connectivity index (χ0v) is 20.8. The molecule has 2 fully saturated rings. The summed E-state index contributed by atoms with van der Waals surface area (Å²) in [5.74, 6) is 0.321. The van der Waals surface area contributed by atoms with Crippen LogP contribution in [0.25, 0.3) is 10.9 Å². The van der Waals surface area contributed by atoms with Crippen molar-refractivity contribution in [3.8, 4) is 0 Å². The van der Waals surface area contributed by atoms with Crippen molar-refractivity contribution in [1.82, 2.24) is 14.2 Å². The van der Waals surface area contributed by atoms with Crippen LogP contribution in [0.4, 0.5) is 0 Å². The number of fused-ring (bicyclic) bond motifs is 1. The molecule has 1 atom stereocenters. The SMILES string of the molecule is Cc1ccc(S(=O)(=O)N2CCCCC2C)cc1C(=O)N1CCC(c2cc3ccccc3[nH]2)CC1. The molecular formula is C27H33N3O3S. The van der Waals surface area contributed by atoms with E-state index in [0.29, 0.717) is 31.1 Å². The molecule has 7 heteroatoms. The monoisotopic (exact) mass is 479 g/mol. The number of likely N-dealkylation sites (tertiary alicyclic amines) is 1. The molecule has 5 rings (SSSR count). The van der Waals surface area contributed by atoms with Gasteiger partial charge in [-0.05, 0) is 74.7 Å². The highest BCUT2D eigenvalue weighted by molar-refractivity contribution is 7.89. The van der Waals surface area contributed by atoms with Gasteiger partial charge in [-0.15, -0.1) is 0 Å². The van der Waals surface area contributed by atoms with Gasteiger partial charge in [-0.1, -0.05) is 30.7 Å². The number of para-hydroxylation sites is 1. The maximum Gasteiger partial charge on any atom is 0.254 e. The molecule has 2 aliphatic heterocycles. The van der Waals surface area contributed by atoms with Crippen LogP contribution in [0.1, 0.15) is 66.6 Å². The lowest BCUT2D eigenvalue weighted by atomic mass is 9.93. The number of sulfonamides is 1. The highest BCUT2D eigenvalue weighted by Crippen LogP contribution is 2.31. The second-order valence-corrected chi connectivity index (χ2v) is 11.7. The Morgan fingerprint density at radius 3 is 2.47 bits per heavy atom. The topological polar surface area (TPSA) is 73.5 Å². The molecule has 1 N–H and O–H groups in total. The Bertz CT molecular complexity index is 1270. The first-order valence-corrected chi connectivity index (χ1v) is 13.8. The number of piperidine rings is 2. The number of hydrogen-bond acceptors (Lipinski definition) is 3. The number of aryl methyl sites for hydroxylation is 1. The van der Waals surface area contributed by atoms with Crippen molar-refractivity contribution in [3.63, 3.8) is 0 Å². The number of carbonyl (C=O) groups is 1. The summed E-state index contributed by atoms with van der Waals surface area (Å²) < 4.78 is 28.3. The number of nitrogens with zero attached hydrogens (tertiary/aromatic N) is 2. The van der Waals surface area contributed by atoms with Gasteiger partial charge in [0, 0.05) is 48.4 Å². The number of carbonyl (C=O) groups excluding carboxylic acids is 1. The summed E-state index contributed by atoms with van der Waals surface area (Å²) in [6, 6.07) is 15.5. The lowest BCUT2D eigenvalue weighted by Gasteiger charge is -2.33. The molecule has 0 aliphatic carbocycles. The first kappa shape index (κ1) is 23.1. The van der Waals surface area contributed by atoms with Crippen molar-refractivity contribution >= 4 is 26.8 Å². The molecule has 34 heavy (non-hydrogen) atoms. The zero-order chi connectivity index (χ0) is 23.9. The third kappa shape index (κ3) is 4.27. The van der Waals surface area contributed by atoms with Gasteiger partial charge < -0.3 is 9.88 Å². The summed E-state index contributed by atoms with van der Waals surface area (Å²) in [5, 5.41) is 1.22. The Kier molecular flexibility index (Phi) is 6.25. The summed E-state index contributed by atoms with van der Waals surface area (Å²) in [6.07, 6.45) is 4.59. The van der Waals surface area contributed by atoms with E-state index in [1.807, 2.05) is 30.9 Å². The van der Waals surface area contributed by atoms with Crippen molar-refractivity contribution in [1.29, 1.82) is 0 Å². The molecule has 1 unspecified atom stereocenters. The number of aromatic nitrogens is 1. The Labute approximate surface area is 202 Å². The molecular weight excluding hydrogens is 446 g/mol. The van der Waals surface area contributed by atoms with E-state index in [-0.39, 0.29) is 16.8 Å². The van der Waals surface area contributed by atoms with Crippen LogP contribution < -0.4 is 0 Å². The third-order valence-corrected chi connectivity index (χ3v) is 9.57. The van der Waals surface area contributed by atoms with E-state index in [0.717, 1.165) is 43.2 Å². The second-order valence-electron chi connectivity index (χ2n) is 9.82. The minimum absolute atomic E-state index is 0.0112. The highest BCUT2D eigenvalue weighted by Gasteiger charge is 2.32. The number of hydrogen-bond donors (Lipinski definition) is 1. The van der Waals surface area contributed by atoms with Crippen LogP contribution in [0, 0.1) is 6.92 Å². The molecule has 1 aromatic heterocycles. The summed E-state index contributed by atoms with van der Waals surface area (Å²) in [4.78, 5) is 19.1. The first-order valence-electron chi connectivity index (χ1n) is 12.3. The number of H-pyrrole nitrogens is 1. The molecule has 0 bridgehead atoms. The van der Waals surface area contributed by atoms with Crippen LogP contribution in [-0.4, -0.2) is 54.2 Å². The van der Waals surface area contributed by atoms with Crippen LogP contribution in [-0.2, 0) is 10.0 Å². The van der Waals surface area contributed by atoms with Gasteiger partial charge in [-0.25, -0.2) is 8.42 Å². The van der Waals surface area contributed by atoms with Crippen LogP contribution in [0.5, 0.6) is 0 Å². The molecule has 3 heterocycles. The quantitative estimate of drug-likeness (QED) is 0.568. The van der Waals surface area contributed by atoms with E-state index >= 15 is 0 Å². The second kappa shape index (κ2) is 9.19. The van der Waals surface area contributed by atoms with E-state index in [2.05, 4.69) is 23.2 Å². The van der Waals surface area contributed by atoms with Gasteiger partial charge in [-0.3, -0.25) is 4.79 Å². The van der Waals surface area contributed by atoms with E-state index in [4.69, 9.17) is 0 Å². The number of amides is 1. The van der Waals surface area contributed by atoms with Gasteiger partial charge in [0.25, 0.3) is 5.91 Å². The Hall–Kier alpha value is -2.64. The molecule has 1 amide bonds. The van der Waals surface area contributed by atoms with Gasteiger partial charge >= 0.3 is 0 Å². The zero-order valence-electron chi connectivity index (χ0n) is 20.0. The van der Waals surface area contributed by atoms with E-state index < -0.39 is 10.0 Å². The van der Waals surface area contributed by atoms with Crippen molar-refractivity contribution in [2.24, 2.45) is 0 Å². The minimum atomic E-state index is -3.61. The lowest BCUT2D eigenvalue weighted by Crippen LogP contribution is -2.42. The maximum atomic E-state index is 13.4. The van der Waals surface area contributed by atoms with Gasteiger partial charge in [0.1, 0.15) is 0 Å². The van der Waals surface area contributed by atoms with Crippen LogP contribution in [0.3, 0.4) is 0 Å². The molecule has 180 valence electrons. The standard InChI is InChI=1S/C27H33N3O3S/c1-19-10-11-23(34(32,33)30-14-6-5-7-20(30)2)18-24(19)27(31)29-15-12-21(13-16-29)26-17-22-8-3-4-9-25(22)28-26/h3-4,8-11,17-18,20-21,28H,5-7,12-16H2,1-2H3. The van der Waals surface area contributed by atoms with Gasteiger partial charge in [0.05, 0.1) is 4.90 Å². The van der Waals surface area contributed by atoms with Crippen LogP contribution in [0.15, 0.2) is 53.4 Å². The largest absolute Gasteiger partial charge is 0.358 e. The predicted molar refractivity (Wildman–Crippen MR) is 135 cm³/mol. The molecule has 2 aliphatic rings. The molecule has 3 aromatic rings. The molecule has 2 aromatic carbocycles. The van der Waals surface area contributed by atoms with E-state index in [1.54, 1.807) is 22.5 Å². The van der Waals surface area contributed by atoms with E-state index in [9.17, 15) is 13.2 Å². The molecule has 0 saturated carbocycles. The smallest absolute Gasteiger partial charge is 0.254 e. The summed E-state index contributed by atoms with van der Waals surface area (Å²) >= 11 is 0. The molecule has 0 spiro atoms. The van der Waals surface area contributed by atoms with Crippen molar-refractivity contribution in [2.75, 3.05) is 19.6 Å². The maximum absolute atomic E-state index is 13.4. The summed E-state index contributed by atoms with van der Waals surface area (Å²) in [7, 11) is -3.61. The van der Waals surface area contributed by atoms with Gasteiger partial charge in [-0.2, -0.15) is 4.31 Å². The highest BCUT2D eigenvalue weighted by atomic mass is 32.2. The van der Waals surface area contributed by atoms with Crippen molar-refractivity contribution in [2.45, 2.75) is 62.8 Å². The Balaban J connectivity index is 1.32. The molecule has 2 saturated heterocycles. The van der Waals surface area contributed by atoms with Gasteiger partial charge in [0.15, 0.2) is 0 Å². The normalized spacial score (nSPS) is 20.6. The lowest BCUT2D eigenvalue weighted by molar-refractivity contribution is 0.0711. The fourth-order valence-electron chi connectivity index (χ4n) is 5.44. The Morgan fingerprint density at radius 1 is 0.971 bits per heavy atom. The Morgan fingerprint density at radius 2 is 1.74 bits per heavy atom. The minimum Gasteiger partial charge on any atom is -0.358 e. The van der Waals surface area contributed by atoms with Crippen LogP contribution in [0.2, 0.25) is 0 Å². The fourth-order valence-corrected chi connectivity index (χ4v) is 7.16. The number of aromatic amines is 1. The number of nitrogens with one attached hydrogen (secondary N) is 1. The van der Waals surface area contributed by atoms with Crippen molar-refractivity contribution < 1.29 is 13.2 Å². The predicted octanol–water partition coefficient (Wildman–Crippen LogP) is 5.06. The number of benzene rings is 2. The number of rotatable bonds is 4. The summed E-state index contributed by atoms with van der Waals surface area (Å²) in [6.45, 7) is 5.72. The summed E-state index contributed by atoms with van der Waals surface area (Å²) in [5.41, 5.74) is 3.68. The van der Waals surface area contributed by atoms with Gasteiger partial charge in [0.2, 0.25) is 10.0 Å². The van der Waals surface area contributed by atoms with Crippen molar-refractivity contribution in [3.05, 3.63) is 65.4 Å². The molecule has 6 nitrogen and oxygen atoms in total.